The van der Waals surface area contributed by atoms with Crippen molar-refractivity contribution in [3.05, 3.63) is 94.8 Å². The van der Waals surface area contributed by atoms with Gasteiger partial charge in [-0.25, -0.2) is 4.39 Å². The number of carbonyl (C=O) groups is 2. The summed E-state index contributed by atoms with van der Waals surface area (Å²) >= 11 is 0. The normalized spacial score (nSPS) is 15.1. The Kier molecular flexibility index (Phi) is 5.35. The molecular weight excluding hydrogens is 405 g/mol. The molecule has 3 aromatic rings. The zero-order valence-corrected chi connectivity index (χ0v) is 17.6. The van der Waals surface area contributed by atoms with Crippen LogP contribution in [-0.4, -0.2) is 24.4 Å². The van der Waals surface area contributed by atoms with Crippen LogP contribution in [0.1, 0.15) is 44.7 Å². The number of rotatable bonds is 5. The van der Waals surface area contributed by atoms with Crippen LogP contribution in [0, 0.1) is 5.82 Å². The van der Waals surface area contributed by atoms with E-state index in [1.165, 1.54) is 35.4 Å². The summed E-state index contributed by atoms with van der Waals surface area (Å²) in [4.78, 5) is 27.8. The predicted octanol–water partition coefficient (Wildman–Crippen LogP) is 4.53. The van der Waals surface area contributed by atoms with Crippen molar-refractivity contribution in [3.8, 4) is 0 Å². The van der Waals surface area contributed by atoms with E-state index in [-0.39, 0.29) is 17.9 Å². The number of hydrogen-bond donors (Lipinski definition) is 2. The SMILES string of the molecule is O=C(Nc1ccc(N2CCc3ccccc3C2)c(C(=O)NC2CC2)c1)c1ccc(F)cc1. The molecule has 0 atom stereocenters. The summed E-state index contributed by atoms with van der Waals surface area (Å²) in [5.41, 5.74) is 4.90. The molecule has 1 heterocycles. The van der Waals surface area contributed by atoms with Gasteiger partial charge in [0, 0.05) is 36.1 Å². The summed E-state index contributed by atoms with van der Waals surface area (Å²) in [5, 5.41) is 5.90. The Morgan fingerprint density at radius 3 is 2.41 bits per heavy atom. The second-order valence-corrected chi connectivity index (χ2v) is 8.38. The van der Waals surface area contributed by atoms with Crippen LogP contribution in [0.15, 0.2) is 66.7 Å². The lowest BCUT2D eigenvalue weighted by Crippen LogP contribution is -2.33. The van der Waals surface area contributed by atoms with Gasteiger partial charge >= 0.3 is 0 Å². The van der Waals surface area contributed by atoms with E-state index in [9.17, 15) is 14.0 Å². The molecule has 5 rings (SSSR count). The quantitative estimate of drug-likeness (QED) is 0.626. The number of benzene rings is 3. The summed E-state index contributed by atoms with van der Waals surface area (Å²) in [6.07, 6.45) is 2.92. The Morgan fingerprint density at radius 1 is 0.906 bits per heavy atom. The third-order valence-corrected chi connectivity index (χ3v) is 5.99. The molecule has 1 aliphatic heterocycles. The van der Waals surface area contributed by atoms with Crippen LogP contribution < -0.4 is 15.5 Å². The van der Waals surface area contributed by atoms with Gasteiger partial charge in [0.1, 0.15) is 5.82 Å². The van der Waals surface area contributed by atoms with Gasteiger partial charge in [-0.2, -0.15) is 0 Å². The molecular formula is C26H24FN3O2. The minimum atomic E-state index is -0.395. The first-order chi connectivity index (χ1) is 15.6. The third kappa shape index (κ3) is 4.35. The highest BCUT2D eigenvalue weighted by atomic mass is 19.1. The summed E-state index contributed by atoms with van der Waals surface area (Å²) in [6.45, 7) is 1.56. The van der Waals surface area contributed by atoms with E-state index in [1.807, 2.05) is 18.2 Å². The standard InChI is InChI=1S/C26H24FN3O2/c27-20-7-5-18(6-8-20)25(31)29-22-11-12-24(23(15-22)26(32)28-21-9-10-21)30-14-13-17-3-1-2-4-19(17)16-30/h1-8,11-12,15,21H,9-10,13-14,16H2,(H,28,32)(H,29,31). The Balaban J connectivity index is 1.42. The van der Waals surface area contributed by atoms with Crippen LogP contribution in [0.25, 0.3) is 0 Å². The average molecular weight is 429 g/mol. The average Bonchev–Trinajstić information content (AvgIpc) is 3.63. The maximum absolute atomic E-state index is 13.2. The fourth-order valence-corrected chi connectivity index (χ4v) is 4.07. The molecule has 0 saturated heterocycles. The molecule has 2 amide bonds. The van der Waals surface area contributed by atoms with E-state index in [1.54, 1.807) is 6.07 Å². The van der Waals surface area contributed by atoms with Crippen molar-refractivity contribution >= 4 is 23.2 Å². The zero-order valence-electron chi connectivity index (χ0n) is 17.6. The third-order valence-electron chi connectivity index (χ3n) is 5.99. The summed E-state index contributed by atoms with van der Waals surface area (Å²) < 4.78 is 13.2. The predicted molar refractivity (Wildman–Crippen MR) is 122 cm³/mol. The molecule has 0 radical (unpaired) electrons. The molecule has 0 unspecified atom stereocenters. The first kappa shape index (κ1) is 20.2. The van der Waals surface area contributed by atoms with Gasteiger partial charge in [0.25, 0.3) is 11.8 Å². The first-order valence-electron chi connectivity index (χ1n) is 10.9. The molecule has 2 aliphatic rings. The van der Waals surface area contributed by atoms with Crippen LogP contribution in [-0.2, 0) is 13.0 Å². The lowest BCUT2D eigenvalue weighted by atomic mass is 9.98. The number of carbonyl (C=O) groups excluding carboxylic acids is 2. The van der Waals surface area contributed by atoms with Crippen molar-refractivity contribution in [2.24, 2.45) is 0 Å². The Morgan fingerprint density at radius 2 is 1.66 bits per heavy atom. The molecule has 1 aliphatic carbocycles. The highest BCUT2D eigenvalue weighted by molar-refractivity contribution is 6.06. The van der Waals surface area contributed by atoms with Gasteiger partial charge in [-0.3, -0.25) is 9.59 Å². The second-order valence-electron chi connectivity index (χ2n) is 8.38. The van der Waals surface area contributed by atoms with Crippen LogP contribution in [0.3, 0.4) is 0 Å². The smallest absolute Gasteiger partial charge is 0.255 e. The maximum Gasteiger partial charge on any atom is 0.255 e. The van der Waals surface area contributed by atoms with Crippen molar-refractivity contribution in [3.63, 3.8) is 0 Å². The highest BCUT2D eigenvalue weighted by Gasteiger charge is 2.27. The summed E-state index contributed by atoms with van der Waals surface area (Å²) in [6, 6.07) is 19.4. The van der Waals surface area contributed by atoms with Crippen LogP contribution in [0.4, 0.5) is 15.8 Å². The Bertz CT molecular complexity index is 1170. The zero-order chi connectivity index (χ0) is 22.1. The van der Waals surface area contributed by atoms with Crippen molar-refractivity contribution < 1.29 is 14.0 Å². The molecule has 1 fully saturated rings. The van der Waals surface area contributed by atoms with Gasteiger partial charge in [0.2, 0.25) is 0 Å². The van der Waals surface area contributed by atoms with Gasteiger partial charge in [-0.15, -0.1) is 0 Å². The first-order valence-corrected chi connectivity index (χ1v) is 10.9. The van der Waals surface area contributed by atoms with Crippen LogP contribution in [0.2, 0.25) is 0 Å². The van der Waals surface area contributed by atoms with E-state index < -0.39 is 5.82 Å². The maximum atomic E-state index is 13.2. The molecule has 5 nitrogen and oxygen atoms in total. The molecule has 1 saturated carbocycles. The van der Waals surface area contributed by atoms with Crippen molar-refractivity contribution in [1.29, 1.82) is 0 Å². The molecule has 2 N–H and O–H groups in total. The van der Waals surface area contributed by atoms with Gasteiger partial charge < -0.3 is 15.5 Å². The van der Waals surface area contributed by atoms with E-state index >= 15 is 0 Å². The van der Waals surface area contributed by atoms with E-state index in [2.05, 4.69) is 33.7 Å². The lowest BCUT2D eigenvalue weighted by Gasteiger charge is -2.32. The number of halogens is 1. The lowest BCUT2D eigenvalue weighted by molar-refractivity contribution is 0.0950. The van der Waals surface area contributed by atoms with Gasteiger partial charge in [0.15, 0.2) is 0 Å². The highest BCUT2D eigenvalue weighted by Crippen LogP contribution is 2.30. The number of fused-ring (bicyclic) bond motifs is 1. The molecule has 162 valence electrons. The summed E-state index contributed by atoms with van der Waals surface area (Å²) in [7, 11) is 0. The molecule has 6 heteroatoms. The minimum absolute atomic E-state index is 0.126. The van der Waals surface area contributed by atoms with Gasteiger partial charge in [-0.05, 0) is 72.9 Å². The minimum Gasteiger partial charge on any atom is -0.366 e. The van der Waals surface area contributed by atoms with E-state index in [0.717, 1.165) is 38.0 Å². The number of nitrogens with one attached hydrogen (secondary N) is 2. The molecule has 0 spiro atoms. The van der Waals surface area contributed by atoms with Gasteiger partial charge in [0.05, 0.1) is 5.56 Å². The Labute approximate surface area is 186 Å². The molecule has 0 bridgehead atoms. The fourth-order valence-electron chi connectivity index (χ4n) is 4.07. The van der Waals surface area contributed by atoms with E-state index in [0.29, 0.717) is 16.8 Å². The second kappa shape index (κ2) is 8.46. The van der Waals surface area contributed by atoms with Crippen molar-refractivity contribution in [2.75, 3.05) is 16.8 Å². The number of hydrogen-bond acceptors (Lipinski definition) is 3. The Hall–Kier alpha value is -3.67. The topological polar surface area (TPSA) is 61.4 Å². The monoisotopic (exact) mass is 429 g/mol. The number of amides is 2. The number of nitrogens with zero attached hydrogens (tertiary/aromatic N) is 1. The van der Waals surface area contributed by atoms with Gasteiger partial charge in [-0.1, -0.05) is 24.3 Å². The summed E-state index contributed by atoms with van der Waals surface area (Å²) in [5.74, 6) is -0.870. The largest absolute Gasteiger partial charge is 0.366 e. The molecule has 3 aromatic carbocycles. The van der Waals surface area contributed by atoms with Crippen molar-refractivity contribution in [1.82, 2.24) is 5.32 Å². The van der Waals surface area contributed by atoms with E-state index in [4.69, 9.17) is 0 Å². The van der Waals surface area contributed by atoms with Crippen LogP contribution in [0.5, 0.6) is 0 Å². The van der Waals surface area contributed by atoms with Crippen molar-refractivity contribution in [2.45, 2.75) is 31.8 Å². The molecule has 32 heavy (non-hydrogen) atoms. The molecule has 0 aromatic heterocycles. The number of anilines is 2. The fraction of sp³-hybridized carbons (Fsp3) is 0.231. The van der Waals surface area contributed by atoms with Crippen LogP contribution >= 0.6 is 0 Å².